The molecule has 1 nitrogen and oxygen atoms in total. The first-order chi connectivity index (χ1) is 8.31. The third kappa shape index (κ3) is 2.84. The molecule has 0 bridgehead atoms. The van der Waals surface area contributed by atoms with Crippen molar-refractivity contribution in [3.63, 3.8) is 0 Å². The molecule has 0 aromatic carbocycles. The molecule has 3 saturated carbocycles. The molecule has 0 radical (unpaired) electrons. The van der Waals surface area contributed by atoms with Crippen molar-refractivity contribution in [3.05, 3.63) is 0 Å². The number of hydrogen-bond donors (Lipinski definition) is 1. The molecule has 1 N–H and O–H groups in total. The molecular formula is C15H27NS. The van der Waals surface area contributed by atoms with Gasteiger partial charge < -0.3 is 5.32 Å². The molecule has 3 fully saturated rings. The topological polar surface area (TPSA) is 12.0 Å². The summed E-state index contributed by atoms with van der Waals surface area (Å²) in [6.45, 7) is 1.27. The summed E-state index contributed by atoms with van der Waals surface area (Å²) in [4.78, 5) is 0. The van der Waals surface area contributed by atoms with E-state index in [4.69, 9.17) is 0 Å². The lowest BCUT2D eigenvalue weighted by Gasteiger charge is -2.42. The molecule has 2 heteroatoms. The molecule has 0 heterocycles. The van der Waals surface area contributed by atoms with Gasteiger partial charge in [0.1, 0.15) is 0 Å². The predicted molar refractivity (Wildman–Crippen MR) is 76.6 cm³/mol. The van der Waals surface area contributed by atoms with E-state index in [2.05, 4.69) is 23.3 Å². The van der Waals surface area contributed by atoms with Crippen LogP contribution in [0.4, 0.5) is 0 Å². The van der Waals surface area contributed by atoms with Gasteiger partial charge in [0, 0.05) is 17.3 Å². The molecule has 0 aromatic rings. The van der Waals surface area contributed by atoms with Crippen LogP contribution in [0.25, 0.3) is 0 Å². The van der Waals surface area contributed by atoms with Crippen molar-refractivity contribution in [3.8, 4) is 0 Å². The van der Waals surface area contributed by atoms with Gasteiger partial charge in [-0.15, -0.1) is 0 Å². The van der Waals surface area contributed by atoms with Crippen molar-refractivity contribution in [1.82, 2.24) is 5.32 Å². The van der Waals surface area contributed by atoms with E-state index in [-0.39, 0.29) is 0 Å². The van der Waals surface area contributed by atoms with Crippen LogP contribution >= 0.6 is 11.8 Å². The zero-order chi connectivity index (χ0) is 11.7. The third-order valence-electron chi connectivity index (χ3n) is 5.41. The molecule has 0 aliphatic heterocycles. The minimum Gasteiger partial charge on any atom is -0.313 e. The van der Waals surface area contributed by atoms with E-state index < -0.39 is 0 Å². The van der Waals surface area contributed by atoms with Gasteiger partial charge in [-0.05, 0) is 56.6 Å². The van der Waals surface area contributed by atoms with Crippen molar-refractivity contribution < 1.29 is 0 Å². The minimum absolute atomic E-state index is 0.618. The first-order valence-electron chi connectivity index (χ1n) is 7.60. The zero-order valence-electron chi connectivity index (χ0n) is 11.2. The SMILES string of the molecule is CSC1(CNC2CCCC(C3CC3)C2)CCC1. The number of nitrogens with one attached hydrogen (secondary N) is 1. The van der Waals surface area contributed by atoms with Crippen LogP contribution in [0.2, 0.25) is 0 Å². The Hall–Kier alpha value is 0.310. The van der Waals surface area contributed by atoms with E-state index in [1.54, 1.807) is 0 Å². The molecule has 2 unspecified atom stereocenters. The van der Waals surface area contributed by atoms with E-state index in [1.165, 1.54) is 64.3 Å². The molecule has 98 valence electrons. The quantitative estimate of drug-likeness (QED) is 0.799. The Labute approximate surface area is 111 Å². The third-order valence-corrected chi connectivity index (χ3v) is 6.83. The Kier molecular flexibility index (Phi) is 3.72. The van der Waals surface area contributed by atoms with E-state index in [0.717, 1.165) is 17.9 Å². The maximum Gasteiger partial charge on any atom is 0.0281 e. The molecule has 3 aliphatic carbocycles. The highest BCUT2D eigenvalue weighted by atomic mass is 32.2. The van der Waals surface area contributed by atoms with Gasteiger partial charge in [0.25, 0.3) is 0 Å². The molecule has 2 atom stereocenters. The van der Waals surface area contributed by atoms with E-state index in [9.17, 15) is 0 Å². The Morgan fingerprint density at radius 3 is 2.47 bits per heavy atom. The van der Waals surface area contributed by atoms with Gasteiger partial charge in [-0.25, -0.2) is 0 Å². The average molecular weight is 253 g/mol. The van der Waals surface area contributed by atoms with Crippen LogP contribution in [0.1, 0.15) is 57.8 Å². The molecule has 0 spiro atoms. The zero-order valence-corrected chi connectivity index (χ0v) is 12.0. The van der Waals surface area contributed by atoms with Gasteiger partial charge in [-0.2, -0.15) is 11.8 Å². The Bertz CT molecular complexity index is 252. The monoisotopic (exact) mass is 253 g/mol. The molecule has 0 saturated heterocycles. The largest absolute Gasteiger partial charge is 0.313 e. The highest BCUT2D eigenvalue weighted by Crippen LogP contribution is 2.45. The smallest absolute Gasteiger partial charge is 0.0281 e. The Morgan fingerprint density at radius 2 is 1.88 bits per heavy atom. The fraction of sp³-hybridized carbons (Fsp3) is 1.00. The van der Waals surface area contributed by atoms with Crippen molar-refractivity contribution in [2.75, 3.05) is 12.8 Å². The summed E-state index contributed by atoms with van der Waals surface area (Å²) in [5.41, 5.74) is 0. The number of rotatable bonds is 5. The summed E-state index contributed by atoms with van der Waals surface area (Å²) in [6, 6.07) is 0.846. The van der Waals surface area contributed by atoms with Gasteiger partial charge in [0.05, 0.1) is 0 Å². The summed E-state index contributed by atoms with van der Waals surface area (Å²) in [5, 5.41) is 3.91. The van der Waals surface area contributed by atoms with Crippen LogP contribution in [0.3, 0.4) is 0 Å². The predicted octanol–water partition coefficient (Wildman–Crippen LogP) is 3.83. The van der Waals surface area contributed by atoms with Crippen molar-refractivity contribution >= 4 is 11.8 Å². The standard InChI is InChI=1S/C15H27NS/c1-17-15(8-3-9-15)11-16-14-5-2-4-13(10-14)12-6-7-12/h12-14,16H,2-11H2,1H3. The van der Waals surface area contributed by atoms with Crippen LogP contribution in [-0.2, 0) is 0 Å². The lowest BCUT2D eigenvalue weighted by molar-refractivity contribution is 0.242. The van der Waals surface area contributed by atoms with Gasteiger partial charge >= 0.3 is 0 Å². The average Bonchev–Trinajstić information content (AvgIpc) is 3.12. The van der Waals surface area contributed by atoms with Gasteiger partial charge in [-0.3, -0.25) is 0 Å². The van der Waals surface area contributed by atoms with E-state index in [1.807, 2.05) is 0 Å². The van der Waals surface area contributed by atoms with Crippen LogP contribution in [0, 0.1) is 11.8 Å². The van der Waals surface area contributed by atoms with Crippen LogP contribution < -0.4 is 5.32 Å². The van der Waals surface area contributed by atoms with Crippen LogP contribution in [0.5, 0.6) is 0 Å². The molecule has 3 rings (SSSR count). The summed E-state index contributed by atoms with van der Waals surface area (Å²) in [5.74, 6) is 2.20. The normalized spacial score (nSPS) is 36.5. The maximum absolute atomic E-state index is 3.91. The molecule has 3 aliphatic rings. The maximum atomic E-state index is 3.91. The summed E-state index contributed by atoms with van der Waals surface area (Å²) in [6.07, 6.45) is 15.6. The van der Waals surface area contributed by atoms with Crippen molar-refractivity contribution in [2.24, 2.45) is 11.8 Å². The summed E-state index contributed by atoms with van der Waals surface area (Å²) in [7, 11) is 0. The van der Waals surface area contributed by atoms with Crippen molar-refractivity contribution in [1.29, 1.82) is 0 Å². The van der Waals surface area contributed by atoms with Crippen molar-refractivity contribution in [2.45, 2.75) is 68.6 Å². The summed E-state index contributed by atoms with van der Waals surface area (Å²) >= 11 is 2.10. The van der Waals surface area contributed by atoms with E-state index >= 15 is 0 Å². The first kappa shape index (κ1) is 12.3. The van der Waals surface area contributed by atoms with Gasteiger partial charge in [-0.1, -0.05) is 19.3 Å². The van der Waals surface area contributed by atoms with Gasteiger partial charge in [0.2, 0.25) is 0 Å². The second kappa shape index (κ2) is 5.13. The lowest BCUT2D eigenvalue weighted by atomic mass is 9.81. The number of hydrogen-bond acceptors (Lipinski definition) is 2. The molecule has 0 amide bonds. The summed E-state index contributed by atoms with van der Waals surface area (Å²) < 4.78 is 0.618. The van der Waals surface area contributed by atoms with Crippen LogP contribution in [0.15, 0.2) is 0 Å². The fourth-order valence-electron chi connectivity index (χ4n) is 3.76. The van der Waals surface area contributed by atoms with E-state index in [0.29, 0.717) is 4.75 Å². The first-order valence-corrected chi connectivity index (χ1v) is 8.82. The molecule has 17 heavy (non-hydrogen) atoms. The Balaban J connectivity index is 1.44. The Morgan fingerprint density at radius 1 is 1.06 bits per heavy atom. The fourth-order valence-corrected chi connectivity index (χ4v) is 4.69. The second-order valence-electron chi connectivity index (χ2n) is 6.58. The molecular weight excluding hydrogens is 226 g/mol. The highest BCUT2D eigenvalue weighted by Gasteiger charge is 2.38. The highest BCUT2D eigenvalue weighted by molar-refractivity contribution is 8.00. The lowest BCUT2D eigenvalue weighted by Crippen LogP contribution is -2.47. The van der Waals surface area contributed by atoms with Gasteiger partial charge in [0.15, 0.2) is 0 Å². The minimum atomic E-state index is 0.618. The number of thioether (sulfide) groups is 1. The second-order valence-corrected chi connectivity index (χ2v) is 7.86. The van der Waals surface area contributed by atoms with Crippen LogP contribution in [-0.4, -0.2) is 23.6 Å². The molecule has 0 aromatic heterocycles.